The van der Waals surface area contributed by atoms with Gasteiger partial charge < -0.3 is 4.90 Å². The van der Waals surface area contributed by atoms with Gasteiger partial charge in [-0.1, -0.05) is 11.6 Å². The van der Waals surface area contributed by atoms with Crippen molar-refractivity contribution in [2.75, 3.05) is 11.9 Å². The first-order chi connectivity index (χ1) is 14.0. The first-order valence-electron chi connectivity index (χ1n) is 8.73. The smallest absolute Gasteiger partial charge is 0.227 e. The Balaban J connectivity index is 1.61. The number of anilines is 1. The lowest BCUT2D eigenvalue weighted by molar-refractivity contribution is 0.589. The number of halogens is 2. The third kappa shape index (κ3) is 3.54. The average Bonchev–Trinajstić information content (AvgIpc) is 3.36. The Morgan fingerprint density at radius 3 is 2.62 bits per heavy atom. The average molecular weight is 414 g/mol. The zero-order valence-electron chi connectivity index (χ0n) is 15.9. The SMILES string of the molecule is CC(c1nnn(-c2cc(Cl)ccc2F)n1)N(C)c1nnc(-c2ccncc2)n1C. The molecule has 0 amide bonds. The normalized spacial score (nSPS) is 12.2. The highest BCUT2D eigenvalue weighted by Gasteiger charge is 2.23. The van der Waals surface area contributed by atoms with Gasteiger partial charge in [0.15, 0.2) is 17.5 Å². The van der Waals surface area contributed by atoms with E-state index in [9.17, 15) is 4.39 Å². The Morgan fingerprint density at radius 1 is 1.10 bits per heavy atom. The lowest BCUT2D eigenvalue weighted by atomic mass is 10.2. The molecule has 0 aliphatic carbocycles. The zero-order chi connectivity index (χ0) is 20.5. The molecule has 9 nitrogen and oxygen atoms in total. The third-order valence-corrected chi connectivity index (χ3v) is 4.85. The molecule has 148 valence electrons. The molecular formula is C18H17ClFN9. The van der Waals surface area contributed by atoms with Crippen molar-refractivity contribution in [2.45, 2.75) is 13.0 Å². The molecule has 0 radical (unpaired) electrons. The molecule has 3 aromatic heterocycles. The summed E-state index contributed by atoms with van der Waals surface area (Å²) >= 11 is 5.95. The first kappa shape index (κ1) is 18.9. The van der Waals surface area contributed by atoms with E-state index in [1.807, 2.05) is 42.6 Å². The molecule has 0 saturated carbocycles. The molecule has 0 bridgehead atoms. The van der Waals surface area contributed by atoms with Crippen LogP contribution in [0, 0.1) is 5.82 Å². The molecule has 1 atom stereocenters. The minimum Gasteiger partial charge on any atom is -0.334 e. The van der Waals surface area contributed by atoms with Crippen molar-refractivity contribution in [1.29, 1.82) is 0 Å². The zero-order valence-corrected chi connectivity index (χ0v) is 16.7. The van der Waals surface area contributed by atoms with E-state index in [-0.39, 0.29) is 11.7 Å². The van der Waals surface area contributed by atoms with Gasteiger partial charge in [-0.2, -0.15) is 0 Å². The van der Waals surface area contributed by atoms with E-state index in [0.717, 1.165) is 10.4 Å². The second kappa shape index (κ2) is 7.55. The summed E-state index contributed by atoms with van der Waals surface area (Å²) in [6.07, 6.45) is 3.40. The van der Waals surface area contributed by atoms with E-state index >= 15 is 0 Å². The summed E-state index contributed by atoms with van der Waals surface area (Å²) in [5.74, 6) is 1.24. The number of aromatic nitrogens is 8. The molecule has 3 heterocycles. The van der Waals surface area contributed by atoms with Crippen molar-refractivity contribution in [3.63, 3.8) is 0 Å². The van der Waals surface area contributed by atoms with Crippen LogP contribution in [0.1, 0.15) is 18.8 Å². The van der Waals surface area contributed by atoms with Gasteiger partial charge in [0, 0.05) is 37.1 Å². The maximum absolute atomic E-state index is 14.1. The van der Waals surface area contributed by atoms with Gasteiger partial charge in [-0.25, -0.2) is 4.39 Å². The van der Waals surface area contributed by atoms with Crippen molar-refractivity contribution < 1.29 is 4.39 Å². The van der Waals surface area contributed by atoms with E-state index < -0.39 is 5.82 Å². The molecule has 1 unspecified atom stereocenters. The largest absolute Gasteiger partial charge is 0.334 e. The number of hydrogen-bond acceptors (Lipinski definition) is 7. The lowest BCUT2D eigenvalue weighted by Gasteiger charge is -2.22. The maximum Gasteiger partial charge on any atom is 0.227 e. The number of rotatable bonds is 5. The van der Waals surface area contributed by atoms with Crippen molar-refractivity contribution in [2.24, 2.45) is 7.05 Å². The Hall–Kier alpha value is -3.40. The predicted molar refractivity (Wildman–Crippen MR) is 105 cm³/mol. The van der Waals surface area contributed by atoms with Crippen LogP contribution in [0.3, 0.4) is 0 Å². The second-order valence-corrected chi connectivity index (χ2v) is 6.87. The number of hydrogen-bond donors (Lipinski definition) is 0. The second-order valence-electron chi connectivity index (χ2n) is 6.44. The van der Waals surface area contributed by atoms with Crippen molar-refractivity contribution in [3.05, 3.63) is 59.4 Å². The number of pyridine rings is 1. The highest BCUT2D eigenvalue weighted by Crippen LogP contribution is 2.25. The summed E-state index contributed by atoms with van der Waals surface area (Å²) in [6.45, 7) is 1.90. The van der Waals surface area contributed by atoms with E-state index in [0.29, 0.717) is 22.6 Å². The molecule has 0 aliphatic rings. The summed E-state index contributed by atoms with van der Waals surface area (Å²) < 4.78 is 16.0. The van der Waals surface area contributed by atoms with Gasteiger partial charge in [-0.05, 0) is 42.5 Å². The van der Waals surface area contributed by atoms with Crippen LogP contribution >= 0.6 is 11.6 Å². The molecule has 0 saturated heterocycles. The fraction of sp³-hybridized carbons (Fsp3) is 0.222. The van der Waals surface area contributed by atoms with Crippen molar-refractivity contribution in [3.8, 4) is 17.1 Å². The molecule has 0 aliphatic heterocycles. The maximum atomic E-state index is 14.1. The van der Waals surface area contributed by atoms with Crippen LogP contribution < -0.4 is 4.90 Å². The van der Waals surface area contributed by atoms with Crippen LogP contribution in [-0.2, 0) is 7.05 Å². The molecule has 0 spiro atoms. The third-order valence-electron chi connectivity index (χ3n) is 4.61. The minimum atomic E-state index is -0.491. The Kier molecular flexibility index (Phi) is 4.93. The predicted octanol–water partition coefficient (Wildman–Crippen LogP) is 2.84. The molecule has 1 aromatic carbocycles. The van der Waals surface area contributed by atoms with Gasteiger partial charge in [-0.3, -0.25) is 9.55 Å². The molecule has 4 aromatic rings. The molecule has 29 heavy (non-hydrogen) atoms. The van der Waals surface area contributed by atoms with Gasteiger partial charge in [0.25, 0.3) is 0 Å². The summed E-state index contributed by atoms with van der Waals surface area (Å²) in [4.78, 5) is 7.01. The van der Waals surface area contributed by atoms with Gasteiger partial charge in [0.1, 0.15) is 5.69 Å². The lowest BCUT2D eigenvalue weighted by Crippen LogP contribution is -2.25. The summed E-state index contributed by atoms with van der Waals surface area (Å²) in [5, 5.41) is 21.3. The van der Waals surface area contributed by atoms with Crippen LogP contribution in [0.4, 0.5) is 10.3 Å². The van der Waals surface area contributed by atoms with Crippen LogP contribution in [0.15, 0.2) is 42.7 Å². The summed E-state index contributed by atoms with van der Waals surface area (Å²) in [5.41, 5.74) is 1.03. The van der Waals surface area contributed by atoms with E-state index in [2.05, 4.69) is 30.6 Å². The quantitative estimate of drug-likeness (QED) is 0.496. The highest BCUT2D eigenvalue weighted by atomic mass is 35.5. The Bertz CT molecular complexity index is 1140. The topological polar surface area (TPSA) is 90.4 Å². The molecule has 0 N–H and O–H groups in total. The van der Waals surface area contributed by atoms with Crippen LogP contribution in [0.5, 0.6) is 0 Å². The monoisotopic (exact) mass is 413 g/mol. The van der Waals surface area contributed by atoms with Crippen LogP contribution in [-0.4, -0.2) is 47.0 Å². The number of nitrogens with zero attached hydrogens (tertiary/aromatic N) is 9. The van der Waals surface area contributed by atoms with Gasteiger partial charge in [0.2, 0.25) is 5.95 Å². The summed E-state index contributed by atoms with van der Waals surface area (Å²) in [7, 11) is 3.73. The number of tetrazole rings is 1. The van der Waals surface area contributed by atoms with E-state index in [4.69, 9.17) is 11.6 Å². The Labute approximate surface area is 170 Å². The number of benzene rings is 1. The van der Waals surface area contributed by atoms with Gasteiger partial charge in [-0.15, -0.1) is 25.2 Å². The highest BCUT2D eigenvalue weighted by molar-refractivity contribution is 6.30. The Morgan fingerprint density at radius 2 is 1.86 bits per heavy atom. The summed E-state index contributed by atoms with van der Waals surface area (Å²) in [6, 6.07) is 7.60. The fourth-order valence-corrected chi connectivity index (χ4v) is 3.03. The first-order valence-corrected chi connectivity index (χ1v) is 9.11. The van der Waals surface area contributed by atoms with Crippen molar-refractivity contribution in [1.82, 2.24) is 40.0 Å². The van der Waals surface area contributed by atoms with Crippen LogP contribution in [0.25, 0.3) is 17.1 Å². The molecular weight excluding hydrogens is 397 g/mol. The van der Waals surface area contributed by atoms with E-state index in [1.165, 1.54) is 18.2 Å². The molecule has 4 rings (SSSR count). The van der Waals surface area contributed by atoms with E-state index in [1.54, 1.807) is 12.4 Å². The fourth-order valence-electron chi connectivity index (χ4n) is 2.86. The van der Waals surface area contributed by atoms with Gasteiger partial charge >= 0.3 is 0 Å². The standard InChI is InChI=1S/C18H17ClFN9/c1-11(16-22-26-29(25-16)15-10-13(19)4-5-14(15)20)27(2)18-24-23-17(28(18)3)12-6-8-21-9-7-12/h4-11H,1-3H3. The van der Waals surface area contributed by atoms with Crippen molar-refractivity contribution >= 4 is 17.5 Å². The molecule has 0 fully saturated rings. The molecule has 11 heteroatoms. The van der Waals surface area contributed by atoms with Gasteiger partial charge in [0.05, 0.1) is 6.04 Å². The minimum absolute atomic E-state index is 0.129. The van der Waals surface area contributed by atoms with Crippen LogP contribution in [0.2, 0.25) is 5.02 Å².